The monoisotopic (exact) mass is 573 g/mol. The van der Waals surface area contributed by atoms with Crippen LogP contribution in [0.15, 0.2) is 24.3 Å². The molecule has 2 rings (SSSR count). The molecule has 234 valence electrons. The van der Waals surface area contributed by atoms with Crippen molar-refractivity contribution in [1.82, 2.24) is 15.5 Å². The number of nitrogens with one attached hydrogen (secondary N) is 2. The molecule has 1 fully saturated rings. The van der Waals surface area contributed by atoms with Crippen LogP contribution in [-0.4, -0.2) is 62.8 Å². The average molecular weight is 574 g/mol. The Morgan fingerprint density at radius 3 is 1.88 bits per heavy atom. The zero-order valence-electron chi connectivity index (χ0n) is 26.1. The largest absolute Gasteiger partial charge is 0.445 e. The maximum Gasteiger partial charge on any atom is 0.407 e. The predicted molar refractivity (Wildman–Crippen MR) is 168 cm³/mol. The second kappa shape index (κ2) is 24.5. The van der Waals surface area contributed by atoms with Gasteiger partial charge in [0.25, 0.3) is 5.91 Å². The molecular formula is C34H59N3O4. The van der Waals surface area contributed by atoms with E-state index in [9.17, 15) is 9.59 Å². The van der Waals surface area contributed by atoms with Gasteiger partial charge in [0.1, 0.15) is 6.61 Å². The van der Waals surface area contributed by atoms with Crippen LogP contribution < -0.4 is 10.6 Å². The second-order valence-corrected chi connectivity index (χ2v) is 11.5. The third-order valence-electron chi connectivity index (χ3n) is 7.96. The van der Waals surface area contributed by atoms with Gasteiger partial charge in [-0.05, 0) is 25.5 Å². The third-order valence-corrected chi connectivity index (χ3v) is 7.96. The SMILES string of the molecule is CCCCCCCCCCCCCCCCCCNC(=O)c1ccccc1COC(=O)NCCCN1CCOCC1. The first-order valence-electron chi connectivity index (χ1n) is 16.8. The van der Waals surface area contributed by atoms with E-state index in [2.05, 4.69) is 22.5 Å². The summed E-state index contributed by atoms with van der Waals surface area (Å²) in [4.78, 5) is 27.2. The zero-order chi connectivity index (χ0) is 29.2. The molecule has 2 N–H and O–H groups in total. The van der Waals surface area contributed by atoms with Crippen LogP contribution in [0.1, 0.15) is 132 Å². The second-order valence-electron chi connectivity index (χ2n) is 11.5. The summed E-state index contributed by atoms with van der Waals surface area (Å²) < 4.78 is 10.7. The lowest BCUT2D eigenvalue weighted by Crippen LogP contribution is -2.38. The summed E-state index contributed by atoms with van der Waals surface area (Å²) >= 11 is 0. The Morgan fingerprint density at radius 1 is 0.732 bits per heavy atom. The van der Waals surface area contributed by atoms with Crippen molar-refractivity contribution >= 4 is 12.0 Å². The van der Waals surface area contributed by atoms with Crippen LogP contribution in [0.5, 0.6) is 0 Å². The highest BCUT2D eigenvalue weighted by atomic mass is 16.5. The Balaban J connectivity index is 1.44. The average Bonchev–Trinajstić information content (AvgIpc) is 3.00. The van der Waals surface area contributed by atoms with Gasteiger partial charge >= 0.3 is 6.09 Å². The standard InChI is InChI=1S/C34H59N3O4/c1-2-3-4-5-6-7-8-9-10-11-12-13-14-15-16-19-23-35-33(38)32-22-18-17-21-31(32)30-41-34(39)36-24-20-25-37-26-28-40-29-27-37/h17-18,21-22H,2-16,19-20,23-30H2,1H3,(H,35,38)(H,36,39). The van der Waals surface area contributed by atoms with Gasteiger partial charge in [0.2, 0.25) is 0 Å². The number of morpholine rings is 1. The molecule has 0 aliphatic carbocycles. The normalized spacial score (nSPS) is 13.7. The van der Waals surface area contributed by atoms with E-state index in [1.807, 2.05) is 18.2 Å². The van der Waals surface area contributed by atoms with E-state index in [-0.39, 0.29) is 12.5 Å². The number of amides is 2. The number of rotatable bonds is 24. The first-order valence-corrected chi connectivity index (χ1v) is 16.8. The van der Waals surface area contributed by atoms with Crippen molar-refractivity contribution in [3.8, 4) is 0 Å². The molecule has 0 unspecified atom stereocenters. The van der Waals surface area contributed by atoms with Crippen LogP contribution in [0.25, 0.3) is 0 Å². The zero-order valence-corrected chi connectivity index (χ0v) is 26.1. The molecule has 0 spiro atoms. The fraction of sp³-hybridized carbons (Fsp3) is 0.765. The summed E-state index contributed by atoms with van der Waals surface area (Å²) in [6.07, 6.45) is 21.8. The summed E-state index contributed by atoms with van der Waals surface area (Å²) in [5.74, 6) is -0.101. The van der Waals surface area contributed by atoms with E-state index >= 15 is 0 Å². The van der Waals surface area contributed by atoms with Crippen molar-refractivity contribution in [2.45, 2.75) is 123 Å². The number of unbranched alkanes of at least 4 members (excludes halogenated alkanes) is 15. The molecule has 2 amide bonds. The minimum atomic E-state index is -0.449. The van der Waals surface area contributed by atoms with Crippen molar-refractivity contribution < 1.29 is 19.1 Å². The molecule has 0 radical (unpaired) electrons. The van der Waals surface area contributed by atoms with Crippen molar-refractivity contribution in [2.75, 3.05) is 45.9 Å². The Hall–Kier alpha value is -2.12. The van der Waals surface area contributed by atoms with Crippen LogP contribution in [0.4, 0.5) is 4.79 Å². The van der Waals surface area contributed by atoms with Gasteiger partial charge in [-0.15, -0.1) is 0 Å². The molecule has 1 aliphatic rings. The molecule has 0 aromatic heterocycles. The Morgan fingerprint density at radius 2 is 1.27 bits per heavy atom. The van der Waals surface area contributed by atoms with Gasteiger partial charge in [-0.3, -0.25) is 9.69 Å². The van der Waals surface area contributed by atoms with Gasteiger partial charge in [-0.25, -0.2) is 4.79 Å². The highest BCUT2D eigenvalue weighted by molar-refractivity contribution is 5.95. The predicted octanol–water partition coefficient (Wildman–Crippen LogP) is 7.63. The molecular weight excluding hydrogens is 514 g/mol. The topological polar surface area (TPSA) is 79.9 Å². The Labute approximate surface area is 250 Å². The molecule has 1 heterocycles. The summed E-state index contributed by atoms with van der Waals surface area (Å²) in [6, 6.07) is 7.35. The summed E-state index contributed by atoms with van der Waals surface area (Å²) in [5.41, 5.74) is 1.30. The molecule has 1 aliphatic heterocycles. The first-order chi connectivity index (χ1) is 20.2. The quantitative estimate of drug-likeness (QED) is 0.124. The molecule has 0 saturated carbocycles. The maximum atomic E-state index is 12.8. The number of benzene rings is 1. The molecule has 1 saturated heterocycles. The highest BCUT2D eigenvalue weighted by Gasteiger charge is 2.13. The lowest BCUT2D eigenvalue weighted by atomic mass is 10.0. The highest BCUT2D eigenvalue weighted by Crippen LogP contribution is 2.14. The number of hydrogen-bond acceptors (Lipinski definition) is 5. The van der Waals surface area contributed by atoms with E-state index in [1.54, 1.807) is 6.07 Å². The molecule has 1 aromatic carbocycles. The van der Waals surface area contributed by atoms with Crippen LogP contribution >= 0.6 is 0 Å². The first kappa shape index (κ1) is 35.1. The van der Waals surface area contributed by atoms with E-state index in [1.165, 1.54) is 89.9 Å². The molecule has 1 aromatic rings. The number of carbonyl (C=O) groups excluding carboxylic acids is 2. The number of nitrogens with zero attached hydrogens (tertiary/aromatic N) is 1. The van der Waals surface area contributed by atoms with Gasteiger partial charge in [-0.1, -0.05) is 121 Å². The van der Waals surface area contributed by atoms with Crippen molar-refractivity contribution in [3.63, 3.8) is 0 Å². The number of hydrogen-bond donors (Lipinski definition) is 2. The lowest BCUT2D eigenvalue weighted by Gasteiger charge is -2.26. The molecule has 41 heavy (non-hydrogen) atoms. The van der Waals surface area contributed by atoms with E-state index in [0.29, 0.717) is 18.7 Å². The van der Waals surface area contributed by atoms with Gasteiger partial charge in [0.15, 0.2) is 0 Å². The Bertz CT molecular complexity index is 798. The number of ether oxygens (including phenoxy) is 2. The van der Waals surface area contributed by atoms with Crippen molar-refractivity contribution in [1.29, 1.82) is 0 Å². The van der Waals surface area contributed by atoms with Crippen molar-refractivity contribution in [2.24, 2.45) is 0 Å². The Kier molecular flexibility index (Phi) is 20.9. The fourth-order valence-electron chi connectivity index (χ4n) is 5.35. The van der Waals surface area contributed by atoms with Crippen molar-refractivity contribution in [3.05, 3.63) is 35.4 Å². The minimum Gasteiger partial charge on any atom is -0.445 e. The third kappa shape index (κ3) is 18.1. The van der Waals surface area contributed by atoms with Gasteiger partial charge < -0.3 is 20.1 Å². The smallest absolute Gasteiger partial charge is 0.407 e. The van der Waals surface area contributed by atoms with E-state index < -0.39 is 6.09 Å². The maximum absolute atomic E-state index is 12.8. The summed E-state index contributed by atoms with van der Waals surface area (Å²) in [5, 5.41) is 5.85. The van der Waals surface area contributed by atoms with Crippen LogP contribution in [0.3, 0.4) is 0 Å². The minimum absolute atomic E-state index is 0.0813. The van der Waals surface area contributed by atoms with Crippen LogP contribution in [0.2, 0.25) is 0 Å². The van der Waals surface area contributed by atoms with Crippen LogP contribution in [-0.2, 0) is 16.1 Å². The fourth-order valence-corrected chi connectivity index (χ4v) is 5.35. The molecule has 7 heteroatoms. The van der Waals surface area contributed by atoms with Gasteiger partial charge in [0.05, 0.1) is 13.2 Å². The molecule has 0 bridgehead atoms. The summed E-state index contributed by atoms with van der Waals surface area (Å²) in [6.45, 7) is 7.99. The van der Waals surface area contributed by atoms with E-state index in [4.69, 9.17) is 9.47 Å². The van der Waals surface area contributed by atoms with Crippen LogP contribution in [0, 0.1) is 0 Å². The van der Waals surface area contributed by atoms with E-state index in [0.717, 1.165) is 57.7 Å². The molecule has 7 nitrogen and oxygen atoms in total. The summed E-state index contributed by atoms with van der Waals surface area (Å²) in [7, 11) is 0. The number of carbonyl (C=O) groups is 2. The van der Waals surface area contributed by atoms with Gasteiger partial charge in [-0.2, -0.15) is 0 Å². The lowest BCUT2D eigenvalue weighted by molar-refractivity contribution is 0.0374. The van der Waals surface area contributed by atoms with Gasteiger partial charge in [0, 0.05) is 37.3 Å². The number of alkyl carbamates (subject to hydrolysis) is 1. The molecule has 0 atom stereocenters.